The molecule has 3 aromatic heterocycles. The first kappa shape index (κ1) is 17.1. The van der Waals surface area contributed by atoms with E-state index in [4.69, 9.17) is 4.84 Å². The van der Waals surface area contributed by atoms with Crippen LogP contribution < -0.4 is 10.8 Å². The quantitative estimate of drug-likeness (QED) is 0.714. The largest absolute Gasteiger partial charge is 0.338 e. The summed E-state index contributed by atoms with van der Waals surface area (Å²) in [4.78, 5) is 15.0. The fourth-order valence-corrected chi connectivity index (χ4v) is 4.04. The van der Waals surface area contributed by atoms with Gasteiger partial charge in [-0.1, -0.05) is 19.3 Å². The molecule has 0 saturated heterocycles. The van der Waals surface area contributed by atoms with Crippen LogP contribution in [0.25, 0.3) is 16.7 Å². The summed E-state index contributed by atoms with van der Waals surface area (Å²) in [5, 5.41) is 16.4. The van der Waals surface area contributed by atoms with E-state index in [0.717, 1.165) is 47.4 Å². The summed E-state index contributed by atoms with van der Waals surface area (Å²) >= 11 is 0. The number of pyridine rings is 1. The molecule has 0 radical (unpaired) electrons. The molecule has 2 aliphatic rings. The lowest BCUT2D eigenvalue weighted by atomic mass is 9.84. The number of rotatable bonds is 4. The average molecular weight is 378 g/mol. The van der Waals surface area contributed by atoms with Crippen molar-refractivity contribution in [2.75, 3.05) is 5.32 Å². The van der Waals surface area contributed by atoms with E-state index < -0.39 is 0 Å². The van der Waals surface area contributed by atoms with E-state index in [-0.39, 0.29) is 5.60 Å². The van der Waals surface area contributed by atoms with Crippen LogP contribution in [0.3, 0.4) is 0 Å². The van der Waals surface area contributed by atoms with Crippen molar-refractivity contribution >= 4 is 28.2 Å². The molecule has 1 aliphatic carbocycles. The second kappa shape index (κ2) is 6.83. The highest BCUT2D eigenvalue weighted by atomic mass is 16.7. The molecule has 0 atom stereocenters. The van der Waals surface area contributed by atoms with Gasteiger partial charge in [0.1, 0.15) is 11.9 Å². The molecule has 5 rings (SSSR count). The molecule has 1 fully saturated rings. The first-order chi connectivity index (χ1) is 13.8. The highest BCUT2D eigenvalue weighted by molar-refractivity contribution is 5.97. The lowest BCUT2D eigenvalue weighted by Crippen LogP contribution is -2.31. The fraction of sp³-hybridized carbons (Fsp3) is 0.421. The van der Waals surface area contributed by atoms with Crippen LogP contribution in [-0.2, 0) is 11.4 Å². The summed E-state index contributed by atoms with van der Waals surface area (Å²) in [5.74, 6) is 0.611. The van der Waals surface area contributed by atoms with Crippen molar-refractivity contribution in [2.45, 2.75) is 51.2 Å². The molecule has 0 unspecified atom stereocenters. The second-order valence-electron chi connectivity index (χ2n) is 7.25. The van der Waals surface area contributed by atoms with Crippen LogP contribution in [-0.4, -0.2) is 35.5 Å². The summed E-state index contributed by atoms with van der Waals surface area (Å²) in [6, 6.07) is 0. The minimum absolute atomic E-state index is 0.218. The lowest BCUT2D eigenvalue weighted by Gasteiger charge is -2.29. The topological polar surface area (TPSA) is 103 Å². The van der Waals surface area contributed by atoms with Gasteiger partial charge in [0.15, 0.2) is 11.5 Å². The number of anilines is 2. The van der Waals surface area contributed by atoms with Gasteiger partial charge in [-0.25, -0.2) is 14.6 Å². The number of nitrogens with zero attached hydrogens (tertiary/aromatic N) is 6. The number of hydrogen-bond acceptors (Lipinski definition) is 8. The number of aromatic nitrogens is 6. The van der Waals surface area contributed by atoms with Crippen molar-refractivity contribution in [1.82, 2.24) is 35.4 Å². The highest BCUT2D eigenvalue weighted by Crippen LogP contribution is 2.40. The molecular formula is C19H22N8O. The van der Waals surface area contributed by atoms with Gasteiger partial charge in [-0.3, -0.25) is 10.3 Å². The van der Waals surface area contributed by atoms with E-state index in [1.807, 2.05) is 24.0 Å². The molecule has 144 valence electrons. The summed E-state index contributed by atoms with van der Waals surface area (Å²) in [6.45, 7) is 2.79. The van der Waals surface area contributed by atoms with Gasteiger partial charge in [-0.2, -0.15) is 10.2 Å². The van der Waals surface area contributed by atoms with Crippen molar-refractivity contribution in [3.05, 3.63) is 36.6 Å². The molecule has 0 amide bonds. The average Bonchev–Trinajstić information content (AvgIpc) is 3.34. The van der Waals surface area contributed by atoms with Crippen LogP contribution in [0.4, 0.5) is 11.5 Å². The standard InChI is InChI=1S/C19H22N8O/c1-2-27-18-14(10-24-27)17(25-16-11-22-23-12-21-16)13(9-20-18)15-8-19(28-26-15)6-4-3-5-7-19/h8-12,26H,2-7H2,1H3,(H,20,21,23,25). The Morgan fingerprint density at radius 1 is 1.14 bits per heavy atom. The minimum atomic E-state index is -0.218. The monoisotopic (exact) mass is 378 g/mol. The molecule has 9 heteroatoms. The summed E-state index contributed by atoms with van der Waals surface area (Å²) in [7, 11) is 0. The summed E-state index contributed by atoms with van der Waals surface area (Å²) < 4.78 is 1.87. The van der Waals surface area contributed by atoms with E-state index in [9.17, 15) is 0 Å². The van der Waals surface area contributed by atoms with Crippen LogP contribution in [0, 0.1) is 0 Å². The molecule has 2 N–H and O–H groups in total. The third-order valence-corrected chi connectivity index (χ3v) is 5.48. The predicted octanol–water partition coefficient (Wildman–Crippen LogP) is 2.96. The van der Waals surface area contributed by atoms with E-state index in [1.165, 1.54) is 25.6 Å². The normalized spacial score (nSPS) is 18.2. The predicted molar refractivity (Wildman–Crippen MR) is 104 cm³/mol. The Morgan fingerprint density at radius 2 is 2.04 bits per heavy atom. The summed E-state index contributed by atoms with van der Waals surface area (Å²) in [5.41, 5.74) is 6.47. The maximum absolute atomic E-state index is 6.04. The molecule has 3 aromatic rings. The Kier molecular flexibility index (Phi) is 4.16. The van der Waals surface area contributed by atoms with Gasteiger partial charge in [0.05, 0.1) is 29.2 Å². The molecule has 4 heterocycles. The van der Waals surface area contributed by atoms with Crippen LogP contribution in [0.1, 0.15) is 44.6 Å². The number of aryl methyl sites for hydroxylation is 1. The molecule has 9 nitrogen and oxygen atoms in total. The van der Waals surface area contributed by atoms with Gasteiger partial charge in [-0.15, -0.1) is 5.10 Å². The van der Waals surface area contributed by atoms with Gasteiger partial charge in [0.25, 0.3) is 0 Å². The fourth-order valence-electron chi connectivity index (χ4n) is 4.04. The first-order valence-electron chi connectivity index (χ1n) is 9.69. The third kappa shape index (κ3) is 2.88. The minimum Gasteiger partial charge on any atom is -0.338 e. The molecule has 1 aliphatic heterocycles. The van der Waals surface area contributed by atoms with Gasteiger partial charge in [0.2, 0.25) is 0 Å². The van der Waals surface area contributed by atoms with Crippen LogP contribution in [0.15, 0.2) is 31.0 Å². The van der Waals surface area contributed by atoms with Crippen molar-refractivity contribution < 1.29 is 4.84 Å². The van der Waals surface area contributed by atoms with Gasteiger partial charge >= 0.3 is 0 Å². The third-order valence-electron chi connectivity index (χ3n) is 5.48. The molecule has 1 spiro atoms. The zero-order valence-electron chi connectivity index (χ0n) is 15.7. The van der Waals surface area contributed by atoms with Crippen LogP contribution >= 0.6 is 0 Å². The van der Waals surface area contributed by atoms with Crippen molar-refractivity contribution in [1.29, 1.82) is 0 Å². The van der Waals surface area contributed by atoms with Crippen molar-refractivity contribution in [3.8, 4) is 0 Å². The molecule has 28 heavy (non-hydrogen) atoms. The van der Waals surface area contributed by atoms with Crippen LogP contribution in [0.5, 0.6) is 0 Å². The maximum atomic E-state index is 6.04. The molecular weight excluding hydrogens is 356 g/mol. The van der Waals surface area contributed by atoms with E-state index in [0.29, 0.717) is 5.82 Å². The smallest absolute Gasteiger partial charge is 0.159 e. The Bertz CT molecular complexity index is 1020. The van der Waals surface area contributed by atoms with Crippen molar-refractivity contribution in [3.63, 3.8) is 0 Å². The molecule has 0 aromatic carbocycles. The maximum Gasteiger partial charge on any atom is 0.159 e. The van der Waals surface area contributed by atoms with Crippen molar-refractivity contribution in [2.24, 2.45) is 0 Å². The Labute approximate surface area is 162 Å². The molecule has 0 bridgehead atoms. The number of fused-ring (bicyclic) bond motifs is 1. The highest BCUT2D eigenvalue weighted by Gasteiger charge is 2.37. The molecule has 1 saturated carbocycles. The van der Waals surface area contributed by atoms with E-state index in [1.54, 1.807) is 6.20 Å². The number of hydroxylamine groups is 1. The zero-order valence-corrected chi connectivity index (χ0v) is 15.7. The van der Waals surface area contributed by atoms with E-state index in [2.05, 4.69) is 42.1 Å². The second-order valence-corrected chi connectivity index (χ2v) is 7.25. The number of nitrogens with one attached hydrogen (secondary N) is 2. The zero-order chi connectivity index (χ0) is 19.0. The summed E-state index contributed by atoms with van der Waals surface area (Å²) in [6.07, 6.45) is 14.6. The van der Waals surface area contributed by atoms with E-state index >= 15 is 0 Å². The lowest BCUT2D eigenvalue weighted by molar-refractivity contribution is -0.0557. The van der Waals surface area contributed by atoms with Gasteiger partial charge in [-0.05, 0) is 25.8 Å². The number of hydrogen-bond donors (Lipinski definition) is 2. The first-order valence-corrected chi connectivity index (χ1v) is 9.69. The Balaban J connectivity index is 1.62. The Hall–Kier alpha value is -3.07. The Morgan fingerprint density at radius 3 is 2.82 bits per heavy atom. The SMILES string of the molecule is CCn1ncc2c(Nc3cnncn3)c(C3=CC4(CCCCC4)ON3)cnc21. The van der Waals surface area contributed by atoms with Gasteiger partial charge in [0, 0.05) is 18.3 Å². The van der Waals surface area contributed by atoms with Crippen LogP contribution in [0.2, 0.25) is 0 Å². The van der Waals surface area contributed by atoms with Gasteiger partial charge < -0.3 is 5.32 Å².